The zero-order valence-corrected chi connectivity index (χ0v) is 24.4. The summed E-state index contributed by atoms with van der Waals surface area (Å²) in [5.74, 6) is 0. The third kappa shape index (κ3) is 3.50. The predicted octanol–water partition coefficient (Wildman–Crippen LogP) is 12.6. The molecule has 0 saturated heterocycles. The van der Waals surface area contributed by atoms with Gasteiger partial charge in [-0.3, -0.25) is 0 Å². The topological polar surface area (TPSA) is 13.1 Å². The number of rotatable bonds is 3. The second-order valence-electron chi connectivity index (χ2n) is 12.0. The van der Waals surface area contributed by atoms with Crippen LogP contribution in [0, 0.1) is 0 Å². The molecule has 0 radical (unpaired) electrons. The van der Waals surface area contributed by atoms with Gasteiger partial charge in [0.2, 0.25) is 0 Å². The van der Waals surface area contributed by atoms with Crippen LogP contribution in [0.15, 0.2) is 162 Å². The van der Waals surface area contributed by atoms with Gasteiger partial charge in [-0.2, -0.15) is 0 Å². The first-order valence-electron chi connectivity index (χ1n) is 15.5. The lowest BCUT2D eigenvalue weighted by Crippen LogP contribution is -1.90. The van der Waals surface area contributed by atoms with E-state index < -0.39 is 0 Å². The summed E-state index contributed by atoms with van der Waals surface area (Å²) >= 11 is 0. The van der Waals surface area contributed by atoms with Crippen LogP contribution in [0.3, 0.4) is 0 Å². The molecule has 0 aliphatic rings. The maximum Gasteiger partial charge on any atom is 0.143 e. The van der Waals surface area contributed by atoms with Gasteiger partial charge in [-0.1, -0.05) is 146 Å². The van der Waals surface area contributed by atoms with Crippen LogP contribution in [-0.2, 0) is 0 Å². The Bertz CT molecular complexity index is 2740. The van der Waals surface area contributed by atoms with E-state index in [2.05, 4.69) is 158 Å². The Labute approximate surface area is 259 Å². The molecule has 0 saturated carbocycles. The Morgan fingerprint density at radius 2 is 0.844 bits per heavy atom. The Morgan fingerprint density at radius 1 is 0.289 bits per heavy atom. The minimum Gasteiger partial charge on any atom is -0.455 e. The van der Waals surface area contributed by atoms with Crippen molar-refractivity contribution in [2.24, 2.45) is 0 Å². The van der Waals surface area contributed by atoms with Crippen molar-refractivity contribution in [3.05, 3.63) is 158 Å². The highest BCUT2D eigenvalue weighted by Gasteiger charge is 2.20. The van der Waals surface area contributed by atoms with Gasteiger partial charge in [0.05, 0.1) is 0 Å². The fourth-order valence-electron chi connectivity index (χ4n) is 7.63. The molecule has 208 valence electrons. The summed E-state index contributed by atoms with van der Waals surface area (Å²) in [6, 6.07) is 57.2. The molecule has 0 aliphatic carbocycles. The van der Waals surface area contributed by atoms with Crippen molar-refractivity contribution >= 4 is 65.0 Å². The van der Waals surface area contributed by atoms with Crippen molar-refractivity contribution < 1.29 is 4.42 Å². The highest BCUT2D eigenvalue weighted by atomic mass is 16.3. The van der Waals surface area contributed by atoms with Gasteiger partial charge < -0.3 is 4.42 Å². The van der Waals surface area contributed by atoms with Gasteiger partial charge in [-0.15, -0.1) is 0 Å². The van der Waals surface area contributed by atoms with Crippen LogP contribution in [0.1, 0.15) is 0 Å². The molecule has 0 fully saturated rings. The van der Waals surface area contributed by atoms with E-state index in [0.717, 1.165) is 27.7 Å². The van der Waals surface area contributed by atoms with Gasteiger partial charge in [-0.05, 0) is 83.0 Å². The molecule has 1 heteroatoms. The number of hydrogen-bond donors (Lipinski definition) is 0. The van der Waals surface area contributed by atoms with Gasteiger partial charge in [0.15, 0.2) is 0 Å². The van der Waals surface area contributed by atoms with E-state index in [1.807, 2.05) is 0 Å². The van der Waals surface area contributed by atoms with E-state index in [1.54, 1.807) is 0 Å². The number of hydrogen-bond acceptors (Lipinski definition) is 1. The molecule has 0 atom stereocenters. The van der Waals surface area contributed by atoms with Crippen LogP contribution >= 0.6 is 0 Å². The fraction of sp³-hybridized carbons (Fsp3) is 0. The third-order valence-electron chi connectivity index (χ3n) is 9.65. The molecule has 1 nitrogen and oxygen atoms in total. The second-order valence-corrected chi connectivity index (χ2v) is 12.0. The van der Waals surface area contributed by atoms with E-state index in [1.165, 1.54) is 70.7 Å². The summed E-state index contributed by atoms with van der Waals surface area (Å²) in [4.78, 5) is 0. The molecule has 0 amide bonds. The largest absolute Gasteiger partial charge is 0.455 e. The summed E-state index contributed by atoms with van der Waals surface area (Å²) in [7, 11) is 0. The quantitative estimate of drug-likeness (QED) is 0.193. The highest BCUT2D eigenvalue weighted by Crippen LogP contribution is 2.47. The first-order valence-corrected chi connectivity index (χ1v) is 15.5. The van der Waals surface area contributed by atoms with Crippen LogP contribution in [0.2, 0.25) is 0 Å². The molecule has 0 N–H and O–H groups in total. The summed E-state index contributed by atoms with van der Waals surface area (Å²) in [6.45, 7) is 0. The summed E-state index contributed by atoms with van der Waals surface area (Å²) < 4.78 is 6.63. The minimum atomic E-state index is 0.912. The molecule has 10 aromatic rings. The van der Waals surface area contributed by atoms with Crippen molar-refractivity contribution in [3.8, 4) is 33.4 Å². The highest BCUT2D eigenvalue weighted by molar-refractivity contribution is 6.29. The van der Waals surface area contributed by atoms with E-state index in [-0.39, 0.29) is 0 Å². The number of fused-ring (bicyclic) bond motifs is 4. The Balaban J connectivity index is 1.29. The minimum absolute atomic E-state index is 0.912. The zero-order chi connectivity index (χ0) is 29.5. The Morgan fingerprint density at radius 3 is 1.62 bits per heavy atom. The van der Waals surface area contributed by atoms with Gasteiger partial charge >= 0.3 is 0 Å². The van der Waals surface area contributed by atoms with Crippen LogP contribution in [0.25, 0.3) is 98.4 Å². The van der Waals surface area contributed by atoms with Crippen molar-refractivity contribution in [1.29, 1.82) is 0 Å². The lowest BCUT2D eigenvalue weighted by atomic mass is 9.85. The number of benzene rings is 9. The molecule has 0 spiro atoms. The van der Waals surface area contributed by atoms with Crippen molar-refractivity contribution in [3.63, 3.8) is 0 Å². The lowest BCUT2D eigenvalue weighted by molar-refractivity contribution is 0.670. The van der Waals surface area contributed by atoms with Crippen molar-refractivity contribution in [2.45, 2.75) is 0 Å². The van der Waals surface area contributed by atoms with Crippen molar-refractivity contribution in [1.82, 2.24) is 0 Å². The zero-order valence-electron chi connectivity index (χ0n) is 24.4. The molecular weight excluding hydrogens is 544 g/mol. The fourth-order valence-corrected chi connectivity index (χ4v) is 7.63. The van der Waals surface area contributed by atoms with Gasteiger partial charge in [0.1, 0.15) is 11.2 Å². The van der Waals surface area contributed by atoms with Crippen LogP contribution in [-0.4, -0.2) is 0 Å². The maximum absolute atomic E-state index is 6.63. The molecule has 0 unspecified atom stereocenters. The average Bonchev–Trinajstić information content (AvgIpc) is 3.50. The SMILES string of the molecule is c1ccc(-c2ccc(-c3ccc4ccc5c(-c6cccc7ccccc67)ccc6ccc3c4c65)c3c2oc2ccccc23)cc1. The predicted molar refractivity (Wildman–Crippen MR) is 191 cm³/mol. The average molecular weight is 571 g/mol. The Kier molecular flexibility index (Phi) is 5.06. The normalized spacial score (nSPS) is 12.0. The first-order chi connectivity index (χ1) is 22.3. The number of furan rings is 1. The third-order valence-corrected chi connectivity index (χ3v) is 9.65. The van der Waals surface area contributed by atoms with E-state index >= 15 is 0 Å². The Hall–Kier alpha value is -5.92. The van der Waals surface area contributed by atoms with Crippen LogP contribution in [0.5, 0.6) is 0 Å². The monoisotopic (exact) mass is 570 g/mol. The van der Waals surface area contributed by atoms with E-state index in [4.69, 9.17) is 4.42 Å². The van der Waals surface area contributed by atoms with E-state index in [9.17, 15) is 0 Å². The van der Waals surface area contributed by atoms with Gasteiger partial charge in [0.25, 0.3) is 0 Å². The van der Waals surface area contributed by atoms with Gasteiger partial charge in [0, 0.05) is 16.3 Å². The standard InChI is InChI=1S/C44H26O/c1-2-9-28(10-3-1)32-25-26-38(43-39-14-6-7-16-40(39)45-44(32)43)35-22-18-30-19-23-36-34(21-17-29-20-24-37(35)42(30)41(29)36)33-15-8-12-27-11-4-5-13-31(27)33/h1-26H. The molecule has 10 rings (SSSR count). The molecule has 1 heterocycles. The molecule has 45 heavy (non-hydrogen) atoms. The molecular formula is C44H26O. The van der Waals surface area contributed by atoms with Crippen molar-refractivity contribution in [2.75, 3.05) is 0 Å². The summed E-state index contributed by atoms with van der Waals surface area (Å²) in [5.41, 5.74) is 9.08. The lowest BCUT2D eigenvalue weighted by Gasteiger charge is -2.18. The second kappa shape index (κ2) is 9.29. The van der Waals surface area contributed by atoms with Crippen LogP contribution < -0.4 is 0 Å². The molecule has 9 aromatic carbocycles. The maximum atomic E-state index is 6.63. The van der Waals surface area contributed by atoms with Crippen LogP contribution in [0.4, 0.5) is 0 Å². The summed E-state index contributed by atoms with van der Waals surface area (Å²) in [5, 5.41) is 12.6. The molecule has 1 aromatic heterocycles. The number of para-hydroxylation sites is 1. The smallest absolute Gasteiger partial charge is 0.143 e. The van der Waals surface area contributed by atoms with E-state index in [0.29, 0.717) is 0 Å². The molecule has 0 aliphatic heterocycles. The van der Waals surface area contributed by atoms with Gasteiger partial charge in [-0.25, -0.2) is 0 Å². The molecule has 0 bridgehead atoms. The first kappa shape index (κ1) is 24.5. The summed E-state index contributed by atoms with van der Waals surface area (Å²) in [6.07, 6.45) is 0.